The minimum Gasteiger partial charge on any atom is -0.349 e. The van der Waals surface area contributed by atoms with Gasteiger partial charge in [-0.2, -0.15) is 0 Å². The van der Waals surface area contributed by atoms with Crippen LogP contribution in [0.2, 0.25) is 0 Å². The van der Waals surface area contributed by atoms with Crippen molar-refractivity contribution in [3.05, 3.63) is 23.5 Å². The molecule has 2 heterocycles. The van der Waals surface area contributed by atoms with Crippen molar-refractivity contribution in [2.24, 2.45) is 10.9 Å². The molecule has 1 aliphatic rings. The van der Waals surface area contributed by atoms with Gasteiger partial charge in [0.15, 0.2) is 0 Å². The highest BCUT2D eigenvalue weighted by atomic mass is 15.0. The molecule has 2 heteroatoms. The molecule has 0 amide bonds. The van der Waals surface area contributed by atoms with E-state index in [0.29, 0.717) is 0 Å². The van der Waals surface area contributed by atoms with E-state index in [4.69, 9.17) is 0 Å². The monoisotopic (exact) mass is 204 g/mol. The van der Waals surface area contributed by atoms with Crippen LogP contribution in [0.5, 0.6) is 0 Å². The molecule has 15 heavy (non-hydrogen) atoms. The minimum absolute atomic E-state index is 0.851. The zero-order valence-electron chi connectivity index (χ0n) is 9.74. The summed E-state index contributed by atoms with van der Waals surface area (Å²) >= 11 is 0. The number of aliphatic imine (C=N–C) groups is 1. The summed E-state index contributed by atoms with van der Waals surface area (Å²) in [6, 6.07) is 4.41. The van der Waals surface area contributed by atoms with Gasteiger partial charge < -0.3 is 4.57 Å². The van der Waals surface area contributed by atoms with Crippen molar-refractivity contribution in [1.82, 2.24) is 4.57 Å². The molecule has 1 aromatic rings. The molecule has 0 fully saturated rings. The molecule has 0 N–H and O–H groups in total. The highest BCUT2D eigenvalue weighted by molar-refractivity contribution is 5.58. The molecule has 0 spiro atoms. The molecule has 0 saturated carbocycles. The molecule has 1 aromatic heterocycles. The van der Waals surface area contributed by atoms with Gasteiger partial charge in [0, 0.05) is 24.5 Å². The highest BCUT2D eigenvalue weighted by Gasteiger charge is 2.11. The standard InChI is InChI=1S/C13H20N2/c1-11-3-4-12(2)15(11)10-7-13-5-8-14-9-6-13/h3-4,8,13H,5-7,9-10H2,1-2H3. The van der Waals surface area contributed by atoms with Gasteiger partial charge in [-0.25, -0.2) is 0 Å². The van der Waals surface area contributed by atoms with Crippen LogP contribution in [0.15, 0.2) is 17.1 Å². The Hall–Kier alpha value is -1.05. The largest absolute Gasteiger partial charge is 0.349 e. The maximum atomic E-state index is 4.28. The van der Waals surface area contributed by atoms with Crippen LogP contribution in [-0.4, -0.2) is 17.3 Å². The quantitative estimate of drug-likeness (QED) is 0.720. The SMILES string of the molecule is Cc1ccc(C)n1CCC1CC=NCC1. The third kappa shape index (κ3) is 2.49. The number of hydrogen-bond donors (Lipinski definition) is 0. The van der Waals surface area contributed by atoms with Gasteiger partial charge in [-0.15, -0.1) is 0 Å². The fourth-order valence-corrected chi connectivity index (χ4v) is 2.32. The summed E-state index contributed by atoms with van der Waals surface area (Å²) in [7, 11) is 0. The van der Waals surface area contributed by atoms with Crippen LogP contribution < -0.4 is 0 Å². The van der Waals surface area contributed by atoms with Crippen molar-refractivity contribution in [1.29, 1.82) is 0 Å². The maximum Gasteiger partial charge on any atom is 0.0388 e. The molecule has 0 aromatic carbocycles. The van der Waals surface area contributed by atoms with Gasteiger partial charge >= 0.3 is 0 Å². The second-order valence-electron chi connectivity index (χ2n) is 4.54. The van der Waals surface area contributed by atoms with E-state index >= 15 is 0 Å². The summed E-state index contributed by atoms with van der Waals surface area (Å²) in [5.41, 5.74) is 2.77. The summed E-state index contributed by atoms with van der Waals surface area (Å²) in [4.78, 5) is 4.28. The van der Waals surface area contributed by atoms with Crippen LogP contribution in [-0.2, 0) is 6.54 Å². The molecule has 1 unspecified atom stereocenters. The van der Waals surface area contributed by atoms with Gasteiger partial charge in [0.1, 0.15) is 0 Å². The summed E-state index contributed by atoms with van der Waals surface area (Å²) in [6.45, 7) is 6.59. The van der Waals surface area contributed by atoms with Crippen molar-refractivity contribution in [2.45, 2.75) is 39.7 Å². The van der Waals surface area contributed by atoms with Crippen LogP contribution in [0.1, 0.15) is 30.7 Å². The van der Waals surface area contributed by atoms with Crippen LogP contribution in [0.4, 0.5) is 0 Å². The zero-order chi connectivity index (χ0) is 10.7. The van der Waals surface area contributed by atoms with Crippen molar-refractivity contribution in [2.75, 3.05) is 6.54 Å². The minimum atomic E-state index is 0.851. The Kier molecular flexibility index (Phi) is 3.24. The molecule has 1 aliphatic heterocycles. The van der Waals surface area contributed by atoms with Crippen molar-refractivity contribution in [3.8, 4) is 0 Å². The van der Waals surface area contributed by atoms with E-state index in [-0.39, 0.29) is 0 Å². The van der Waals surface area contributed by atoms with E-state index in [1.807, 2.05) is 0 Å². The molecule has 0 aliphatic carbocycles. The van der Waals surface area contributed by atoms with E-state index in [2.05, 4.69) is 41.8 Å². The first-order valence-electron chi connectivity index (χ1n) is 5.88. The fraction of sp³-hybridized carbons (Fsp3) is 0.615. The summed E-state index contributed by atoms with van der Waals surface area (Å²) in [5, 5.41) is 0. The average Bonchev–Trinajstić information content (AvgIpc) is 2.58. The van der Waals surface area contributed by atoms with Crippen LogP contribution in [0.3, 0.4) is 0 Å². The van der Waals surface area contributed by atoms with Gasteiger partial charge in [0.25, 0.3) is 0 Å². The lowest BCUT2D eigenvalue weighted by molar-refractivity contribution is 0.424. The van der Waals surface area contributed by atoms with Gasteiger partial charge in [0.05, 0.1) is 0 Å². The van der Waals surface area contributed by atoms with Gasteiger partial charge in [-0.3, -0.25) is 4.99 Å². The Morgan fingerprint density at radius 2 is 2.07 bits per heavy atom. The predicted octanol–water partition coefficient (Wildman–Crippen LogP) is 2.98. The van der Waals surface area contributed by atoms with Gasteiger partial charge in [0.2, 0.25) is 0 Å². The number of hydrogen-bond acceptors (Lipinski definition) is 1. The van der Waals surface area contributed by atoms with Crippen LogP contribution >= 0.6 is 0 Å². The molecule has 82 valence electrons. The number of rotatable bonds is 3. The molecule has 2 rings (SSSR count). The number of aryl methyl sites for hydroxylation is 2. The van der Waals surface area contributed by atoms with E-state index < -0.39 is 0 Å². The maximum absolute atomic E-state index is 4.28. The smallest absolute Gasteiger partial charge is 0.0388 e. The normalized spacial score (nSPS) is 20.8. The second-order valence-corrected chi connectivity index (χ2v) is 4.54. The molecule has 0 radical (unpaired) electrons. The van der Waals surface area contributed by atoms with Crippen LogP contribution in [0.25, 0.3) is 0 Å². The van der Waals surface area contributed by atoms with E-state index in [0.717, 1.165) is 12.5 Å². The molecule has 1 atom stereocenters. The van der Waals surface area contributed by atoms with E-state index in [9.17, 15) is 0 Å². The summed E-state index contributed by atoms with van der Waals surface area (Å²) in [6.07, 6.45) is 5.85. The van der Waals surface area contributed by atoms with Crippen molar-refractivity contribution < 1.29 is 0 Å². The molecule has 2 nitrogen and oxygen atoms in total. The lowest BCUT2D eigenvalue weighted by Gasteiger charge is -2.18. The summed E-state index contributed by atoms with van der Waals surface area (Å²) < 4.78 is 2.42. The molecular formula is C13H20N2. The van der Waals surface area contributed by atoms with E-state index in [1.54, 1.807) is 0 Å². The topological polar surface area (TPSA) is 17.3 Å². The Morgan fingerprint density at radius 1 is 1.33 bits per heavy atom. The third-order valence-electron chi connectivity index (χ3n) is 3.41. The van der Waals surface area contributed by atoms with E-state index in [1.165, 1.54) is 37.2 Å². The fourth-order valence-electron chi connectivity index (χ4n) is 2.32. The van der Waals surface area contributed by atoms with Gasteiger partial charge in [-0.1, -0.05) is 0 Å². The Morgan fingerprint density at radius 3 is 2.67 bits per heavy atom. The second kappa shape index (κ2) is 4.65. The number of nitrogens with zero attached hydrogens (tertiary/aromatic N) is 2. The zero-order valence-corrected chi connectivity index (χ0v) is 9.74. The first-order chi connectivity index (χ1) is 7.27. The third-order valence-corrected chi connectivity index (χ3v) is 3.41. The molecule has 0 saturated heterocycles. The lowest BCUT2D eigenvalue weighted by atomic mass is 9.96. The lowest BCUT2D eigenvalue weighted by Crippen LogP contribution is -2.12. The van der Waals surface area contributed by atoms with Crippen LogP contribution in [0, 0.1) is 19.8 Å². The Balaban J connectivity index is 1.90. The molecule has 0 bridgehead atoms. The number of aromatic nitrogens is 1. The predicted molar refractivity (Wildman–Crippen MR) is 64.6 cm³/mol. The molecular weight excluding hydrogens is 184 g/mol. The first-order valence-corrected chi connectivity index (χ1v) is 5.88. The van der Waals surface area contributed by atoms with Crippen molar-refractivity contribution >= 4 is 6.21 Å². The Labute approximate surface area is 92.0 Å². The van der Waals surface area contributed by atoms with Crippen molar-refractivity contribution in [3.63, 3.8) is 0 Å². The van der Waals surface area contributed by atoms with Gasteiger partial charge in [-0.05, 0) is 57.4 Å². The summed E-state index contributed by atoms with van der Waals surface area (Å²) in [5.74, 6) is 0.851. The highest BCUT2D eigenvalue weighted by Crippen LogP contribution is 2.18. The Bertz CT molecular complexity index is 330. The average molecular weight is 204 g/mol. The first kappa shape index (κ1) is 10.5.